The van der Waals surface area contributed by atoms with Crippen LogP contribution in [0.2, 0.25) is 0 Å². The standard InChI is InChI=1S/C14H12N2O2S/c15-12-6-7-14-11(10-12)8-9-16(14)19(17,18)13-4-2-1-3-5-13/h1-10H,15H2. The number of hydrogen-bond donors (Lipinski definition) is 1. The molecule has 19 heavy (non-hydrogen) atoms. The molecule has 5 heteroatoms. The fraction of sp³-hybridized carbons (Fsp3) is 0. The van der Waals surface area contributed by atoms with Crippen LogP contribution in [-0.2, 0) is 10.0 Å². The summed E-state index contributed by atoms with van der Waals surface area (Å²) >= 11 is 0. The Labute approximate surface area is 111 Å². The van der Waals surface area contributed by atoms with Gasteiger partial charge in [0.1, 0.15) is 0 Å². The van der Waals surface area contributed by atoms with Gasteiger partial charge >= 0.3 is 0 Å². The number of fused-ring (bicyclic) bond motifs is 1. The summed E-state index contributed by atoms with van der Waals surface area (Å²) in [5, 5.41) is 0.805. The van der Waals surface area contributed by atoms with Crippen molar-refractivity contribution >= 4 is 26.6 Å². The van der Waals surface area contributed by atoms with E-state index in [0.29, 0.717) is 11.2 Å². The van der Waals surface area contributed by atoms with E-state index in [0.717, 1.165) is 5.39 Å². The highest BCUT2D eigenvalue weighted by atomic mass is 32.2. The minimum absolute atomic E-state index is 0.268. The van der Waals surface area contributed by atoms with Crippen molar-refractivity contribution in [2.75, 3.05) is 5.73 Å². The predicted molar refractivity (Wildman–Crippen MR) is 75.4 cm³/mol. The van der Waals surface area contributed by atoms with E-state index in [1.807, 2.05) is 0 Å². The zero-order valence-corrected chi connectivity index (χ0v) is 10.8. The van der Waals surface area contributed by atoms with E-state index >= 15 is 0 Å². The molecule has 0 aliphatic carbocycles. The third-order valence-electron chi connectivity index (χ3n) is 2.98. The zero-order valence-electron chi connectivity index (χ0n) is 10.0. The minimum Gasteiger partial charge on any atom is -0.399 e. The molecule has 4 nitrogen and oxygen atoms in total. The quantitative estimate of drug-likeness (QED) is 0.729. The van der Waals surface area contributed by atoms with Crippen LogP contribution in [0.25, 0.3) is 10.9 Å². The van der Waals surface area contributed by atoms with Gasteiger partial charge in [-0.05, 0) is 36.4 Å². The lowest BCUT2D eigenvalue weighted by Crippen LogP contribution is -2.11. The first-order valence-corrected chi connectivity index (χ1v) is 7.20. The van der Waals surface area contributed by atoms with Crippen molar-refractivity contribution in [2.45, 2.75) is 4.90 Å². The molecule has 3 rings (SSSR count). The lowest BCUT2D eigenvalue weighted by molar-refractivity contribution is 0.589. The Balaban J connectivity index is 2.25. The first-order valence-electron chi connectivity index (χ1n) is 5.76. The summed E-state index contributed by atoms with van der Waals surface area (Å²) in [7, 11) is -3.56. The summed E-state index contributed by atoms with van der Waals surface area (Å²) < 4.78 is 26.3. The molecule has 0 saturated heterocycles. The maximum atomic E-state index is 12.5. The Bertz CT molecular complexity index is 836. The molecular weight excluding hydrogens is 260 g/mol. The third kappa shape index (κ3) is 1.88. The number of nitrogens with zero attached hydrogens (tertiary/aromatic N) is 1. The number of nitrogen functional groups attached to an aromatic ring is 1. The average Bonchev–Trinajstić information content (AvgIpc) is 2.83. The number of anilines is 1. The van der Waals surface area contributed by atoms with Gasteiger partial charge in [-0.25, -0.2) is 12.4 Å². The molecule has 0 saturated carbocycles. The van der Waals surface area contributed by atoms with E-state index in [-0.39, 0.29) is 4.90 Å². The topological polar surface area (TPSA) is 65.1 Å². The highest BCUT2D eigenvalue weighted by Gasteiger charge is 2.18. The van der Waals surface area contributed by atoms with Crippen molar-refractivity contribution in [2.24, 2.45) is 0 Å². The van der Waals surface area contributed by atoms with Gasteiger partial charge in [0.25, 0.3) is 10.0 Å². The van der Waals surface area contributed by atoms with E-state index in [1.165, 1.54) is 3.97 Å². The van der Waals surface area contributed by atoms with Crippen LogP contribution < -0.4 is 5.73 Å². The molecule has 0 radical (unpaired) electrons. The van der Waals surface area contributed by atoms with Crippen LogP contribution in [0.5, 0.6) is 0 Å². The van der Waals surface area contributed by atoms with Gasteiger partial charge in [0.2, 0.25) is 0 Å². The molecule has 1 aromatic heterocycles. The summed E-state index contributed by atoms with van der Waals surface area (Å²) in [6.07, 6.45) is 1.55. The Hall–Kier alpha value is -2.27. The predicted octanol–water partition coefficient (Wildman–Crippen LogP) is 2.46. The number of hydrogen-bond acceptors (Lipinski definition) is 3. The normalized spacial score (nSPS) is 11.8. The highest BCUT2D eigenvalue weighted by Crippen LogP contribution is 2.23. The van der Waals surface area contributed by atoms with E-state index in [2.05, 4.69) is 0 Å². The van der Waals surface area contributed by atoms with Crippen molar-refractivity contribution in [3.63, 3.8) is 0 Å². The molecule has 2 N–H and O–H groups in total. The molecule has 1 heterocycles. The molecule has 0 aliphatic rings. The van der Waals surface area contributed by atoms with Gasteiger partial charge < -0.3 is 5.73 Å². The molecule has 0 bridgehead atoms. The fourth-order valence-corrected chi connectivity index (χ4v) is 3.43. The smallest absolute Gasteiger partial charge is 0.268 e. The number of aromatic nitrogens is 1. The third-order valence-corrected chi connectivity index (χ3v) is 4.68. The molecule has 0 aliphatic heterocycles. The van der Waals surface area contributed by atoms with Crippen molar-refractivity contribution in [3.8, 4) is 0 Å². The largest absolute Gasteiger partial charge is 0.399 e. The Morgan fingerprint density at radius 1 is 0.947 bits per heavy atom. The second kappa shape index (κ2) is 4.13. The van der Waals surface area contributed by atoms with Gasteiger partial charge in [0.15, 0.2) is 0 Å². The van der Waals surface area contributed by atoms with Gasteiger partial charge in [0, 0.05) is 17.3 Å². The van der Waals surface area contributed by atoms with Crippen molar-refractivity contribution in [3.05, 3.63) is 60.8 Å². The Kier molecular flexibility index (Phi) is 2.57. The highest BCUT2D eigenvalue weighted by molar-refractivity contribution is 7.90. The monoisotopic (exact) mass is 272 g/mol. The van der Waals surface area contributed by atoms with Crippen LogP contribution in [0, 0.1) is 0 Å². The second-order valence-corrected chi connectivity index (χ2v) is 6.06. The second-order valence-electron chi connectivity index (χ2n) is 4.25. The SMILES string of the molecule is Nc1ccc2c(ccn2S(=O)(=O)c2ccccc2)c1. The van der Waals surface area contributed by atoms with Gasteiger partial charge in [-0.1, -0.05) is 18.2 Å². The summed E-state index contributed by atoms with van der Waals surface area (Å²) in [4.78, 5) is 0.268. The van der Waals surface area contributed by atoms with E-state index < -0.39 is 10.0 Å². The van der Waals surface area contributed by atoms with Gasteiger partial charge in [-0.2, -0.15) is 0 Å². The fourth-order valence-electron chi connectivity index (χ4n) is 2.05. The summed E-state index contributed by atoms with van der Waals surface area (Å²) in [6.45, 7) is 0. The van der Waals surface area contributed by atoms with Crippen LogP contribution in [-0.4, -0.2) is 12.4 Å². The minimum atomic E-state index is -3.56. The molecule has 0 unspecified atom stereocenters. The molecule has 0 fully saturated rings. The Morgan fingerprint density at radius 2 is 1.68 bits per heavy atom. The van der Waals surface area contributed by atoms with Gasteiger partial charge in [0.05, 0.1) is 10.4 Å². The van der Waals surface area contributed by atoms with Crippen LogP contribution >= 0.6 is 0 Å². The summed E-state index contributed by atoms with van der Waals surface area (Å²) in [6, 6.07) is 15.3. The summed E-state index contributed by atoms with van der Waals surface area (Å²) in [5.41, 5.74) is 6.93. The zero-order chi connectivity index (χ0) is 13.5. The van der Waals surface area contributed by atoms with E-state index in [9.17, 15) is 8.42 Å². The number of rotatable bonds is 2. The molecule has 2 aromatic carbocycles. The van der Waals surface area contributed by atoms with Crippen molar-refractivity contribution in [1.82, 2.24) is 3.97 Å². The number of benzene rings is 2. The van der Waals surface area contributed by atoms with Crippen LogP contribution in [0.1, 0.15) is 0 Å². The van der Waals surface area contributed by atoms with Crippen LogP contribution in [0.15, 0.2) is 65.7 Å². The van der Waals surface area contributed by atoms with Crippen molar-refractivity contribution < 1.29 is 8.42 Å². The lowest BCUT2D eigenvalue weighted by Gasteiger charge is -2.07. The van der Waals surface area contributed by atoms with Crippen LogP contribution in [0.3, 0.4) is 0 Å². The molecule has 3 aromatic rings. The van der Waals surface area contributed by atoms with Gasteiger partial charge in [-0.15, -0.1) is 0 Å². The molecule has 0 atom stereocenters. The van der Waals surface area contributed by atoms with Gasteiger partial charge in [-0.3, -0.25) is 0 Å². The first-order chi connectivity index (χ1) is 9.09. The first kappa shape index (κ1) is 11.8. The maximum Gasteiger partial charge on any atom is 0.268 e. The molecule has 0 spiro atoms. The number of nitrogens with two attached hydrogens (primary N) is 1. The van der Waals surface area contributed by atoms with E-state index in [1.54, 1.807) is 60.8 Å². The van der Waals surface area contributed by atoms with E-state index in [4.69, 9.17) is 5.73 Å². The van der Waals surface area contributed by atoms with Crippen molar-refractivity contribution in [1.29, 1.82) is 0 Å². The molecule has 96 valence electrons. The maximum absolute atomic E-state index is 12.5. The average molecular weight is 272 g/mol. The molecule has 0 amide bonds. The van der Waals surface area contributed by atoms with Crippen LogP contribution in [0.4, 0.5) is 5.69 Å². The molecular formula is C14H12N2O2S. The Morgan fingerprint density at radius 3 is 2.42 bits per heavy atom. The summed E-state index contributed by atoms with van der Waals surface area (Å²) in [5.74, 6) is 0. The lowest BCUT2D eigenvalue weighted by atomic mass is 10.2.